The average molecular weight is 245 g/mol. The molecule has 1 unspecified atom stereocenters. The summed E-state index contributed by atoms with van der Waals surface area (Å²) in [5, 5.41) is 0. The van der Waals surface area contributed by atoms with Crippen molar-refractivity contribution in [2.75, 3.05) is 13.2 Å². The Balaban J connectivity index is 3.47. The predicted octanol–water partition coefficient (Wildman–Crippen LogP) is 3.34. The maximum Gasteiger partial charge on any atom is 0.396 e. The van der Waals surface area contributed by atoms with Gasteiger partial charge >= 0.3 is 6.30 Å². The van der Waals surface area contributed by atoms with Crippen LogP contribution in [0.1, 0.15) is 26.7 Å². The largest absolute Gasteiger partial charge is 0.396 e. The Labute approximate surface area is 75.7 Å². The van der Waals surface area contributed by atoms with E-state index in [0.717, 1.165) is 12.8 Å². The summed E-state index contributed by atoms with van der Waals surface area (Å²) in [4.78, 5) is 0. The van der Waals surface area contributed by atoms with Crippen LogP contribution in [0.15, 0.2) is 0 Å². The van der Waals surface area contributed by atoms with Crippen LogP contribution in [0.3, 0.4) is 0 Å². The molecule has 11 heavy (non-hydrogen) atoms. The molecule has 0 aliphatic heterocycles. The molecule has 0 saturated heterocycles. The molecule has 0 aromatic carbocycles. The first-order valence-corrected chi connectivity index (χ1v) is 7.27. The van der Waals surface area contributed by atoms with Crippen molar-refractivity contribution in [1.82, 2.24) is 0 Å². The zero-order chi connectivity index (χ0) is 8.74. The minimum Gasteiger partial charge on any atom is -0.301 e. The number of halogens is 1. The molecule has 0 fully saturated rings. The Bertz CT molecular complexity index is 140. The summed E-state index contributed by atoms with van der Waals surface area (Å²) in [6, 6.07) is 0. The molecule has 0 rings (SSSR count). The van der Waals surface area contributed by atoms with Gasteiger partial charge in [-0.05, 0) is 13.3 Å². The molecule has 0 amide bonds. The lowest BCUT2D eigenvalue weighted by Crippen LogP contribution is -1.91. The van der Waals surface area contributed by atoms with Crippen molar-refractivity contribution in [3.63, 3.8) is 0 Å². The molecule has 0 saturated carbocycles. The van der Waals surface area contributed by atoms with Crippen molar-refractivity contribution in [3.8, 4) is 0 Å². The monoisotopic (exact) mass is 244 g/mol. The van der Waals surface area contributed by atoms with Crippen molar-refractivity contribution in [2.24, 2.45) is 0 Å². The van der Waals surface area contributed by atoms with Gasteiger partial charge in [-0.3, -0.25) is 0 Å². The van der Waals surface area contributed by atoms with Gasteiger partial charge in [0.25, 0.3) is 0 Å². The zero-order valence-corrected chi connectivity index (χ0v) is 9.36. The summed E-state index contributed by atoms with van der Waals surface area (Å²) in [7, 11) is 0. The summed E-state index contributed by atoms with van der Waals surface area (Å²) in [6.07, 6.45) is -0.977. The predicted molar refractivity (Wildman–Crippen MR) is 49.0 cm³/mol. The SMILES string of the molecule is CCCCOP(=O)(Br)OCC. The fourth-order valence-electron chi connectivity index (χ4n) is 0.509. The van der Waals surface area contributed by atoms with Crippen molar-refractivity contribution < 1.29 is 13.6 Å². The van der Waals surface area contributed by atoms with Gasteiger partial charge in [-0.1, -0.05) is 13.3 Å². The molecule has 3 nitrogen and oxygen atoms in total. The Morgan fingerprint density at radius 2 is 2.00 bits per heavy atom. The third-order valence-electron chi connectivity index (χ3n) is 1.03. The Hall–Kier alpha value is 0.630. The van der Waals surface area contributed by atoms with Crippen LogP contribution in [0.5, 0.6) is 0 Å². The molecular weight excluding hydrogens is 231 g/mol. The van der Waals surface area contributed by atoms with E-state index in [1.165, 1.54) is 0 Å². The summed E-state index contributed by atoms with van der Waals surface area (Å²) in [5.41, 5.74) is 0. The maximum absolute atomic E-state index is 11.2. The minimum absolute atomic E-state index is 0.397. The van der Waals surface area contributed by atoms with Crippen LogP contribution < -0.4 is 0 Å². The molecule has 0 spiro atoms. The molecule has 0 aromatic rings. The first-order chi connectivity index (χ1) is 5.12. The quantitative estimate of drug-likeness (QED) is 0.531. The zero-order valence-electron chi connectivity index (χ0n) is 6.88. The van der Waals surface area contributed by atoms with E-state index >= 15 is 0 Å². The fraction of sp³-hybridized carbons (Fsp3) is 1.00. The topological polar surface area (TPSA) is 35.5 Å². The van der Waals surface area contributed by atoms with E-state index in [1.54, 1.807) is 6.92 Å². The fourth-order valence-corrected chi connectivity index (χ4v) is 2.29. The lowest BCUT2D eigenvalue weighted by Gasteiger charge is -2.09. The van der Waals surface area contributed by atoms with Gasteiger partial charge in [0.05, 0.1) is 13.2 Å². The van der Waals surface area contributed by atoms with Gasteiger partial charge in [-0.15, -0.1) is 0 Å². The van der Waals surface area contributed by atoms with Crippen LogP contribution in [0.4, 0.5) is 0 Å². The van der Waals surface area contributed by atoms with Crippen LogP contribution in [-0.4, -0.2) is 13.2 Å². The molecule has 68 valence electrons. The highest BCUT2D eigenvalue weighted by Gasteiger charge is 2.17. The first-order valence-electron chi connectivity index (χ1n) is 3.71. The van der Waals surface area contributed by atoms with E-state index in [0.29, 0.717) is 13.2 Å². The summed E-state index contributed by atoms with van der Waals surface area (Å²) >= 11 is 2.88. The second-order valence-corrected chi connectivity index (χ2v) is 6.02. The summed E-state index contributed by atoms with van der Waals surface area (Å²) in [6.45, 7) is 4.70. The van der Waals surface area contributed by atoms with Crippen LogP contribution in [0.2, 0.25) is 0 Å². The van der Waals surface area contributed by atoms with Crippen LogP contribution in [0, 0.1) is 0 Å². The molecule has 0 bridgehead atoms. The molecule has 1 atom stereocenters. The minimum atomic E-state index is -2.91. The third-order valence-corrected chi connectivity index (χ3v) is 3.31. The van der Waals surface area contributed by atoms with Gasteiger partial charge in [-0.2, -0.15) is 0 Å². The Morgan fingerprint density at radius 3 is 2.45 bits per heavy atom. The summed E-state index contributed by atoms with van der Waals surface area (Å²) in [5.74, 6) is 0. The Morgan fingerprint density at radius 1 is 1.36 bits per heavy atom. The van der Waals surface area contributed by atoms with Crippen molar-refractivity contribution in [2.45, 2.75) is 26.7 Å². The highest BCUT2D eigenvalue weighted by Crippen LogP contribution is 2.55. The van der Waals surface area contributed by atoms with E-state index in [1.807, 2.05) is 6.92 Å². The second-order valence-electron chi connectivity index (χ2n) is 2.04. The van der Waals surface area contributed by atoms with Crippen LogP contribution in [0.25, 0.3) is 0 Å². The van der Waals surface area contributed by atoms with Crippen molar-refractivity contribution in [1.29, 1.82) is 0 Å². The summed E-state index contributed by atoms with van der Waals surface area (Å²) < 4.78 is 20.9. The van der Waals surface area contributed by atoms with Gasteiger partial charge in [0.1, 0.15) is 0 Å². The van der Waals surface area contributed by atoms with Gasteiger partial charge in [0, 0.05) is 15.5 Å². The molecule has 5 heteroatoms. The lowest BCUT2D eigenvalue weighted by molar-refractivity contribution is 0.226. The van der Waals surface area contributed by atoms with E-state index in [2.05, 4.69) is 15.5 Å². The third kappa shape index (κ3) is 7.01. The average Bonchev–Trinajstić information content (AvgIpc) is 1.87. The normalized spacial score (nSPS) is 16.3. The number of rotatable bonds is 6. The number of hydrogen-bond acceptors (Lipinski definition) is 3. The van der Waals surface area contributed by atoms with Gasteiger partial charge in [0.15, 0.2) is 0 Å². The molecule has 0 radical (unpaired) electrons. The highest BCUT2D eigenvalue weighted by atomic mass is 79.9. The van der Waals surface area contributed by atoms with E-state index in [-0.39, 0.29) is 0 Å². The Kier molecular flexibility index (Phi) is 6.53. The molecule has 0 aliphatic carbocycles. The standard InChI is InChI=1S/C6H14BrO3P/c1-3-5-6-10-11(7,8)9-4-2/h3-6H2,1-2H3. The van der Waals surface area contributed by atoms with Gasteiger partial charge in [-0.25, -0.2) is 4.57 Å². The van der Waals surface area contributed by atoms with Gasteiger partial charge in [0.2, 0.25) is 0 Å². The van der Waals surface area contributed by atoms with Crippen LogP contribution >= 0.6 is 21.8 Å². The lowest BCUT2D eigenvalue weighted by atomic mass is 10.4. The smallest absolute Gasteiger partial charge is 0.301 e. The van der Waals surface area contributed by atoms with E-state index < -0.39 is 6.30 Å². The van der Waals surface area contributed by atoms with Crippen molar-refractivity contribution in [3.05, 3.63) is 0 Å². The molecular formula is C6H14BrO3P. The molecule has 0 heterocycles. The second kappa shape index (κ2) is 6.18. The number of hydrogen-bond donors (Lipinski definition) is 0. The first kappa shape index (κ1) is 11.6. The van der Waals surface area contributed by atoms with E-state index in [9.17, 15) is 4.57 Å². The van der Waals surface area contributed by atoms with Gasteiger partial charge < -0.3 is 9.05 Å². The number of unbranched alkanes of at least 4 members (excludes halogenated alkanes) is 1. The molecule has 0 N–H and O–H groups in total. The maximum atomic E-state index is 11.2. The van der Waals surface area contributed by atoms with E-state index in [4.69, 9.17) is 9.05 Å². The molecule has 0 aromatic heterocycles. The van der Waals surface area contributed by atoms with Crippen molar-refractivity contribution >= 4 is 21.8 Å². The highest BCUT2D eigenvalue weighted by molar-refractivity contribution is 9.39. The molecule has 0 aliphatic rings. The van der Waals surface area contributed by atoms with Crippen LogP contribution in [-0.2, 0) is 13.6 Å².